The number of benzene rings is 1. The van der Waals surface area contributed by atoms with Crippen molar-refractivity contribution in [3.05, 3.63) is 53.6 Å². The second-order valence-electron chi connectivity index (χ2n) is 10.8. The number of nitrogens with one attached hydrogen (secondary N) is 1. The van der Waals surface area contributed by atoms with E-state index in [1.807, 2.05) is 18.5 Å². The summed E-state index contributed by atoms with van der Waals surface area (Å²) in [7, 11) is 0. The van der Waals surface area contributed by atoms with Gasteiger partial charge in [-0.15, -0.1) is 0 Å². The summed E-state index contributed by atoms with van der Waals surface area (Å²) in [6, 6.07) is 5.64. The minimum Gasteiger partial charge on any atom is -0.490 e. The molecule has 2 fully saturated rings. The van der Waals surface area contributed by atoms with E-state index < -0.39 is 0 Å². The van der Waals surface area contributed by atoms with Crippen LogP contribution in [-0.4, -0.2) is 41.6 Å². The van der Waals surface area contributed by atoms with Crippen LogP contribution in [0.25, 0.3) is 5.57 Å². The molecule has 2 aromatic rings. The van der Waals surface area contributed by atoms with Crippen LogP contribution in [0.3, 0.4) is 0 Å². The number of rotatable bonds is 8. The molecule has 5 rings (SSSR count). The van der Waals surface area contributed by atoms with Gasteiger partial charge in [0.2, 0.25) is 11.9 Å². The summed E-state index contributed by atoms with van der Waals surface area (Å²) in [5, 5.41) is 3.22. The standard InChI is InChI=1S/C30H39FN4O2/c1-2-21-18-32-30(33-19-21)35-15-13-22(14-16-35)20-37-28-12-11-25(17-27(28)31)23-7-9-24(10-8-23)29(36)34-26-5-3-4-6-26/h7,11-12,17-19,22,24,26H,2-6,8-10,13-16,20H2,1H3,(H,34,36). The summed E-state index contributed by atoms with van der Waals surface area (Å²) in [5.74, 6) is 1.39. The number of carbonyl (C=O) groups is 1. The van der Waals surface area contributed by atoms with Gasteiger partial charge in [-0.2, -0.15) is 0 Å². The molecule has 1 atom stereocenters. The van der Waals surface area contributed by atoms with E-state index in [9.17, 15) is 9.18 Å². The lowest BCUT2D eigenvalue weighted by Crippen LogP contribution is -2.37. The Balaban J connectivity index is 1.08. The molecule has 1 N–H and O–H groups in total. The zero-order valence-corrected chi connectivity index (χ0v) is 21.9. The molecule has 1 aliphatic heterocycles. The third-order valence-corrected chi connectivity index (χ3v) is 8.26. The van der Waals surface area contributed by atoms with Gasteiger partial charge in [-0.05, 0) is 86.1 Å². The molecule has 0 spiro atoms. The maximum Gasteiger partial charge on any atom is 0.225 e. The first-order chi connectivity index (χ1) is 18.1. The van der Waals surface area contributed by atoms with Crippen molar-refractivity contribution in [2.45, 2.75) is 77.2 Å². The van der Waals surface area contributed by atoms with Crippen LogP contribution < -0.4 is 15.0 Å². The van der Waals surface area contributed by atoms with Crippen LogP contribution in [-0.2, 0) is 11.2 Å². The van der Waals surface area contributed by atoms with E-state index in [1.165, 1.54) is 12.8 Å². The van der Waals surface area contributed by atoms with Crippen molar-refractivity contribution in [3.63, 3.8) is 0 Å². The molecular weight excluding hydrogens is 467 g/mol. The number of piperidine rings is 1. The summed E-state index contributed by atoms with van der Waals surface area (Å²) in [6.07, 6.45) is 15.8. The fraction of sp³-hybridized carbons (Fsp3) is 0.567. The highest BCUT2D eigenvalue weighted by Gasteiger charge is 2.26. The maximum atomic E-state index is 14.9. The van der Waals surface area contributed by atoms with Crippen molar-refractivity contribution in [1.82, 2.24) is 15.3 Å². The van der Waals surface area contributed by atoms with Gasteiger partial charge in [0.15, 0.2) is 11.6 Å². The Morgan fingerprint density at radius 2 is 1.86 bits per heavy atom. The van der Waals surface area contributed by atoms with Crippen LogP contribution in [0.1, 0.15) is 75.8 Å². The van der Waals surface area contributed by atoms with Gasteiger partial charge in [0, 0.05) is 37.4 Å². The summed E-state index contributed by atoms with van der Waals surface area (Å²) in [5.41, 5.74) is 3.16. The molecular formula is C30H39FN4O2. The SMILES string of the molecule is CCc1cnc(N2CCC(COc3ccc(C4=CCC(C(=O)NC5CCCC5)CC4)cc3F)CC2)nc1. The molecule has 3 aliphatic rings. The van der Waals surface area contributed by atoms with E-state index in [2.05, 4.69) is 33.2 Å². The molecule has 198 valence electrons. The lowest BCUT2D eigenvalue weighted by Gasteiger charge is -2.31. The van der Waals surface area contributed by atoms with Crippen molar-refractivity contribution >= 4 is 17.4 Å². The Hall–Kier alpha value is -2.96. The van der Waals surface area contributed by atoms with Gasteiger partial charge in [-0.3, -0.25) is 4.79 Å². The Morgan fingerprint density at radius 1 is 1.11 bits per heavy atom. The summed E-state index contributed by atoms with van der Waals surface area (Å²) < 4.78 is 20.8. The van der Waals surface area contributed by atoms with Gasteiger partial charge in [-0.1, -0.05) is 31.9 Å². The predicted octanol–water partition coefficient (Wildman–Crippen LogP) is 5.72. The molecule has 1 unspecified atom stereocenters. The minimum absolute atomic E-state index is 0.0329. The molecule has 0 radical (unpaired) electrons. The number of aromatic nitrogens is 2. The summed E-state index contributed by atoms with van der Waals surface area (Å²) in [4.78, 5) is 23.8. The Labute approximate surface area is 219 Å². The molecule has 6 nitrogen and oxygen atoms in total. The number of aryl methyl sites for hydroxylation is 1. The van der Waals surface area contributed by atoms with E-state index in [1.54, 1.807) is 12.1 Å². The number of carbonyl (C=O) groups excluding carboxylic acids is 1. The minimum atomic E-state index is -0.318. The average molecular weight is 507 g/mol. The highest BCUT2D eigenvalue weighted by atomic mass is 19.1. The van der Waals surface area contributed by atoms with Crippen molar-refractivity contribution in [3.8, 4) is 5.75 Å². The second kappa shape index (κ2) is 12.1. The molecule has 0 bridgehead atoms. The molecule has 1 amide bonds. The van der Waals surface area contributed by atoms with Gasteiger partial charge >= 0.3 is 0 Å². The maximum absolute atomic E-state index is 14.9. The van der Waals surface area contributed by atoms with Gasteiger partial charge in [-0.25, -0.2) is 14.4 Å². The molecule has 1 aromatic heterocycles. The largest absolute Gasteiger partial charge is 0.490 e. The Morgan fingerprint density at radius 3 is 2.51 bits per heavy atom. The Kier molecular flexibility index (Phi) is 8.37. The number of anilines is 1. The van der Waals surface area contributed by atoms with Crippen molar-refractivity contribution in [1.29, 1.82) is 0 Å². The summed E-state index contributed by atoms with van der Waals surface area (Å²) in [6.45, 7) is 4.38. The van der Waals surface area contributed by atoms with Crippen molar-refractivity contribution in [2.24, 2.45) is 11.8 Å². The first kappa shape index (κ1) is 25.7. The fourth-order valence-electron chi connectivity index (χ4n) is 5.74. The van der Waals surface area contributed by atoms with E-state index in [0.29, 0.717) is 24.3 Å². The number of nitrogens with zero attached hydrogens (tertiary/aromatic N) is 3. The number of allylic oxidation sites excluding steroid dienone is 2. The van der Waals surface area contributed by atoms with Crippen LogP contribution in [0.15, 0.2) is 36.7 Å². The van der Waals surface area contributed by atoms with Crippen LogP contribution in [0.4, 0.5) is 10.3 Å². The molecule has 2 aliphatic carbocycles. The lowest BCUT2D eigenvalue weighted by molar-refractivity contribution is -0.125. The van der Waals surface area contributed by atoms with E-state index in [0.717, 1.165) is 87.1 Å². The van der Waals surface area contributed by atoms with Gasteiger partial charge < -0.3 is 15.0 Å². The van der Waals surface area contributed by atoms with Crippen LogP contribution >= 0.6 is 0 Å². The number of hydrogen-bond donors (Lipinski definition) is 1. The summed E-state index contributed by atoms with van der Waals surface area (Å²) >= 11 is 0. The first-order valence-corrected chi connectivity index (χ1v) is 14.1. The molecule has 1 saturated carbocycles. The molecule has 1 saturated heterocycles. The predicted molar refractivity (Wildman–Crippen MR) is 144 cm³/mol. The number of hydrogen-bond acceptors (Lipinski definition) is 5. The van der Waals surface area contributed by atoms with Crippen molar-refractivity contribution in [2.75, 3.05) is 24.6 Å². The zero-order valence-electron chi connectivity index (χ0n) is 21.9. The van der Waals surface area contributed by atoms with Crippen LogP contribution in [0, 0.1) is 17.7 Å². The topological polar surface area (TPSA) is 67.4 Å². The zero-order chi connectivity index (χ0) is 25.6. The molecule has 2 heterocycles. The Bertz CT molecular complexity index is 1090. The van der Waals surface area contributed by atoms with Gasteiger partial charge in [0.1, 0.15) is 0 Å². The van der Waals surface area contributed by atoms with Crippen molar-refractivity contribution < 1.29 is 13.9 Å². The average Bonchev–Trinajstić information content (AvgIpc) is 3.46. The fourth-order valence-corrected chi connectivity index (χ4v) is 5.74. The monoisotopic (exact) mass is 506 g/mol. The van der Waals surface area contributed by atoms with E-state index in [4.69, 9.17) is 4.74 Å². The lowest BCUT2D eigenvalue weighted by atomic mass is 9.86. The highest BCUT2D eigenvalue weighted by molar-refractivity contribution is 5.81. The van der Waals surface area contributed by atoms with Gasteiger partial charge in [0.05, 0.1) is 6.61 Å². The van der Waals surface area contributed by atoms with Gasteiger partial charge in [0.25, 0.3) is 0 Å². The third kappa shape index (κ3) is 6.49. The molecule has 1 aromatic carbocycles. The number of ether oxygens (including phenoxy) is 1. The normalized spacial score (nSPS) is 21.1. The highest BCUT2D eigenvalue weighted by Crippen LogP contribution is 2.33. The quantitative estimate of drug-likeness (QED) is 0.496. The first-order valence-electron chi connectivity index (χ1n) is 14.1. The van der Waals surface area contributed by atoms with E-state index >= 15 is 0 Å². The smallest absolute Gasteiger partial charge is 0.225 e. The number of halogens is 1. The third-order valence-electron chi connectivity index (χ3n) is 8.26. The molecule has 37 heavy (non-hydrogen) atoms. The van der Waals surface area contributed by atoms with Crippen LogP contribution in [0.2, 0.25) is 0 Å². The second-order valence-corrected chi connectivity index (χ2v) is 10.8. The molecule has 7 heteroatoms. The number of amides is 1. The van der Waals surface area contributed by atoms with Crippen LogP contribution in [0.5, 0.6) is 5.75 Å². The van der Waals surface area contributed by atoms with E-state index in [-0.39, 0.29) is 17.6 Å².